The van der Waals surface area contributed by atoms with Crippen molar-refractivity contribution in [2.75, 3.05) is 11.9 Å². The lowest BCUT2D eigenvalue weighted by atomic mass is 10.1. The minimum Gasteiger partial charge on any atom is -0.348 e. The summed E-state index contributed by atoms with van der Waals surface area (Å²) in [6, 6.07) is 13.5. The number of amidine groups is 1. The van der Waals surface area contributed by atoms with E-state index in [2.05, 4.69) is 15.0 Å². The number of hydrogen-bond donors (Lipinski definition) is 3. The molecule has 7 nitrogen and oxygen atoms in total. The Labute approximate surface area is 157 Å². The van der Waals surface area contributed by atoms with Crippen LogP contribution in [0.1, 0.15) is 28.8 Å². The molecule has 1 heterocycles. The minimum absolute atomic E-state index is 0.0184. The van der Waals surface area contributed by atoms with Gasteiger partial charge in [-0.05, 0) is 55.2 Å². The number of amides is 1. The van der Waals surface area contributed by atoms with Crippen LogP contribution in [0.2, 0.25) is 0 Å². The smallest absolute Gasteiger partial charge is 0.285 e. The number of carbonyl (C=O) groups is 1. The summed E-state index contributed by atoms with van der Waals surface area (Å²) in [5, 5.41) is 5.99. The predicted molar refractivity (Wildman–Crippen MR) is 103 cm³/mol. The number of benzene rings is 2. The average Bonchev–Trinajstić information content (AvgIpc) is 3.47. The molecule has 0 spiro atoms. The summed E-state index contributed by atoms with van der Waals surface area (Å²) in [5.74, 6) is 0.608. The maximum absolute atomic E-state index is 12.4. The van der Waals surface area contributed by atoms with E-state index in [1.807, 2.05) is 0 Å². The molecule has 8 heteroatoms. The fraction of sp³-hybridized carbons (Fsp3) is 0.263. The number of carbonyl (C=O) groups excluding carboxylic acids is 1. The Bertz CT molecular complexity index is 1010. The molecule has 1 aliphatic heterocycles. The Hall–Kier alpha value is -2.71. The van der Waals surface area contributed by atoms with Crippen LogP contribution in [0.4, 0.5) is 5.69 Å². The van der Waals surface area contributed by atoms with Crippen LogP contribution in [0.15, 0.2) is 57.8 Å². The Morgan fingerprint density at radius 2 is 1.85 bits per heavy atom. The van der Waals surface area contributed by atoms with Gasteiger partial charge in [0.2, 0.25) is 0 Å². The van der Waals surface area contributed by atoms with Crippen molar-refractivity contribution < 1.29 is 13.2 Å². The molecule has 27 heavy (non-hydrogen) atoms. The molecule has 0 radical (unpaired) electrons. The predicted octanol–water partition coefficient (Wildman–Crippen LogP) is 1.71. The maximum atomic E-state index is 12.4. The first-order valence-electron chi connectivity index (χ1n) is 8.80. The molecule has 2 aromatic rings. The fourth-order valence-electron chi connectivity index (χ4n) is 3.16. The van der Waals surface area contributed by atoms with E-state index in [4.69, 9.17) is 5.73 Å². The zero-order valence-electron chi connectivity index (χ0n) is 14.6. The van der Waals surface area contributed by atoms with Gasteiger partial charge in [-0.3, -0.25) is 4.79 Å². The van der Waals surface area contributed by atoms with Crippen LogP contribution < -0.4 is 16.4 Å². The van der Waals surface area contributed by atoms with E-state index < -0.39 is 10.0 Å². The van der Waals surface area contributed by atoms with Gasteiger partial charge in [-0.25, -0.2) is 0 Å². The molecule has 1 fully saturated rings. The molecule has 2 aromatic carbocycles. The number of rotatable bonds is 5. The second-order valence-corrected chi connectivity index (χ2v) is 8.34. The van der Waals surface area contributed by atoms with E-state index in [-0.39, 0.29) is 22.7 Å². The van der Waals surface area contributed by atoms with E-state index in [9.17, 15) is 13.2 Å². The Balaban J connectivity index is 1.48. The maximum Gasteiger partial charge on any atom is 0.285 e. The highest BCUT2D eigenvalue weighted by molar-refractivity contribution is 7.90. The second-order valence-electron chi connectivity index (χ2n) is 6.77. The van der Waals surface area contributed by atoms with E-state index in [0.29, 0.717) is 29.3 Å². The number of fused-ring (bicyclic) bond motifs is 1. The number of nitrogens with two attached hydrogens (primary N) is 1. The lowest BCUT2D eigenvalue weighted by molar-refractivity contribution is 0.0933. The van der Waals surface area contributed by atoms with Gasteiger partial charge < -0.3 is 16.4 Å². The lowest BCUT2D eigenvalue weighted by Crippen LogP contribution is -2.41. The number of hydrogen-bond acceptors (Lipinski definition) is 5. The highest BCUT2D eigenvalue weighted by Gasteiger charge is 2.31. The number of nitrogens with one attached hydrogen (secondary N) is 2. The highest BCUT2D eigenvalue weighted by Crippen LogP contribution is 2.32. The van der Waals surface area contributed by atoms with Crippen LogP contribution in [0.3, 0.4) is 0 Å². The number of nitrogens with zero attached hydrogens (tertiary/aromatic N) is 1. The number of sulfonamides is 1. The van der Waals surface area contributed by atoms with Gasteiger partial charge in [-0.2, -0.15) is 8.42 Å². The van der Waals surface area contributed by atoms with Crippen molar-refractivity contribution in [1.82, 2.24) is 5.32 Å². The number of anilines is 1. The molecule has 0 aromatic heterocycles. The molecule has 1 saturated carbocycles. The molecule has 2 aliphatic rings. The van der Waals surface area contributed by atoms with Crippen LogP contribution in [0, 0.1) is 5.92 Å². The molecule has 0 saturated heterocycles. The van der Waals surface area contributed by atoms with Gasteiger partial charge in [0.25, 0.3) is 15.9 Å². The van der Waals surface area contributed by atoms with Gasteiger partial charge in [0.1, 0.15) is 4.90 Å². The van der Waals surface area contributed by atoms with Crippen LogP contribution in [-0.4, -0.2) is 32.7 Å². The van der Waals surface area contributed by atoms with Crippen molar-refractivity contribution in [3.05, 3.63) is 59.7 Å². The van der Waals surface area contributed by atoms with Crippen molar-refractivity contribution in [2.24, 2.45) is 16.0 Å². The van der Waals surface area contributed by atoms with Crippen molar-refractivity contribution in [1.29, 1.82) is 0 Å². The quantitative estimate of drug-likeness (QED) is 0.726. The zero-order valence-corrected chi connectivity index (χ0v) is 15.4. The fourth-order valence-corrected chi connectivity index (χ4v) is 4.33. The lowest BCUT2D eigenvalue weighted by Gasteiger charge is -2.16. The Morgan fingerprint density at radius 1 is 1.15 bits per heavy atom. The molecule has 1 atom stereocenters. The SMILES string of the molecule is NCC(NC(=O)c1ccc(NC2=NS(=O)(=O)c3ccccc32)cc1)C1CC1. The van der Waals surface area contributed by atoms with Crippen molar-refractivity contribution >= 4 is 27.5 Å². The Kier molecular flexibility index (Phi) is 4.45. The summed E-state index contributed by atoms with van der Waals surface area (Å²) in [4.78, 5) is 12.6. The first-order chi connectivity index (χ1) is 13.0. The molecule has 0 bridgehead atoms. The van der Waals surface area contributed by atoms with Gasteiger partial charge >= 0.3 is 0 Å². The van der Waals surface area contributed by atoms with Crippen molar-refractivity contribution in [3.8, 4) is 0 Å². The molecule has 4 rings (SSSR count). The molecule has 4 N–H and O–H groups in total. The van der Waals surface area contributed by atoms with Gasteiger partial charge in [-0.1, -0.05) is 12.1 Å². The summed E-state index contributed by atoms with van der Waals surface area (Å²) in [6.45, 7) is 0.434. The summed E-state index contributed by atoms with van der Waals surface area (Å²) < 4.78 is 28.0. The molecular weight excluding hydrogens is 364 g/mol. The largest absolute Gasteiger partial charge is 0.348 e. The third-order valence-electron chi connectivity index (χ3n) is 4.80. The molecule has 1 amide bonds. The van der Waals surface area contributed by atoms with Gasteiger partial charge in [0, 0.05) is 29.4 Å². The van der Waals surface area contributed by atoms with Crippen LogP contribution in [0.5, 0.6) is 0 Å². The standard InChI is InChI=1S/C19H20N4O3S/c20-11-16(12-5-6-12)22-19(24)13-7-9-14(10-8-13)21-18-15-3-1-2-4-17(15)27(25,26)23-18/h1-4,7-10,12,16H,5-6,11,20H2,(H,21,23)(H,22,24). The first-order valence-corrected chi connectivity index (χ1v) is 10.2. The summed E-state index contributed by atoms with van der Waals surface area (Å²) in [6.07, 6.45) is 2.22. The average molecular weight is 384 g/mol. The molecule has 140 valence electrons. The zero-order chi connectivity index (χ0) is 19.0. The van der Waals surface area contributed by atoms with Crippen LogP contribution >= 0.6 is 0 Å². The summed E-state index contributed by atoms with van der Waals surface area (Å²) in [7, 11) is -3.67. The van der Waals surface area contributed by atoms with Gasteiger partial charge in [0.05, 0.1) is 0 Å². The molecule has 1 unspecified atom stereocenters. The van der Waals surface area contributed by atoms with Crippen molar-refractivity contribution in [2.45, 2.75) is 23.8 Å². The monoisotopic (exact) mass is 384 g/mol. The summed E-state index contributed by atoms with van der Waals surface area (Å²) >= 11 is 0. The van der Waals surface area contributed by atoms with E-state index >= 15 is 0 Å². The topological polar surface area (TPSA) is 114 Å². The van der Waals surface area contributed by atoms with Crippen LogP contribution in [-0.2, 0) is 10.0 Å². The molecular formula is C19H20N4O3S. The molecule has 1 aliphatic carbocycles. The normalized spacial score (nSPS) is 18.3. The van der Waals surface area contributed by atoms with Crippen LogP contribution in [0.25, 0.3) is 0 Å². The second kappa shape index (κ2) is 6.79. The van der Waals surface area contributed by atoms with E-state index in [1.54, 1.807) is 42.5 Å². The van der Waals surface area contributed by atoms with E-state index in [1.165, 1.54) is 6.07 Å². The summed E-state index contributed by atoms with van der Waals surface area (Å²) in [5.41, 5.74) is 7.44. The van der Waals surface area contributed by atoms with E-state index in [0.717, 1.165) is 12.8 Å². The van der Waals surface area contributed by atoms with Crippen molar-refractivity contribution in [3.63, 3.8) is 0 Å². The highest BCUT2D eigenvalue weighted by atomic mass is 32.2. The van der Waals surface area contributed by atoms with Gasteiger partial charge in [-0.15, -0.1) is 4.40 Å². The Morgan fingerprint density at radius 3 is 2.52 bits per heavy atom. The third kappa shape index (κ3) is 3.58. The van der Waals surface area contributed by atoms with Gasteiger partial charge in [0.15, 0.2) is 5.84 Å². The third-order valence-corrected chi connectivity index (χ3v) is 6.14. The minimum atomic E-state index is -3.67. The first kappa shape index (κ1) is 17.7.